The molecule has 0 radical (unpaired) electrons. The van der Waals surface area contributed by atoms with Crippen LogP contribution in [0, 0.1) is 5.92 Å². The fraction of sp³-hybridized carbons (Fsp3) is 0.667. The van der Waals surface area contributed by atoms with Crippen LogP contribution in [0.1, 0.15) is 69.9 Å². The van der Waals surface area contributed by atoms with Gasteiger partial charge in [-0.1, -0.05) is 57.4 Å². The fourth-order valence-corrected chi connectivity index (χ4v) is 3.10. The summed E-state index contributed by atoms with van der Waals surface area (Å²) < 4.78 is 0. The van der Waals surface area contributed by atoms with Crippen LogP contribution in [0.15, 0.2) is 24.3 Å². The van der Waals surface area contributed by atoms with Gasteiger partial charge in [0.05, 0.1) is 0 Å². The summed E-state index contributed by atoms with van der Waals surface area (Å²) in [4.78, 5) is 0. The van der Waals surface area contributed by atoms with Gasteiger partial charge in [0.1, 0.15) is 0 Å². The molecule has 0 amide bonds. The molecule has 1 fully saturated rings. The molecule has 0 aliphatic heterocycles. The molecule has 1 aliphatic rings. The Bertz CT molecular complexity index is 360. The van der Waals surface area contributed by atoms with E-state index in [-0.39, 0.29) is 0 Å². The van der Waals surface area contributed by atoms with Crippen LogP contribution in [0.2, 0.25) is 0 Å². The highest BCUT2D eigenvalue weighted by Crippen LogP contribution is 2.26. The van der Waals surface area contributed by atoms with E-state index in [2.05, 4.69) is 50.4 Å². The average molecular weight is 259 g/mol. The van der Waals surface area contributed by atoms with Gasteiger partial charge >= 0.3 is 0 Å². The molecule has 1 aromatic carbocycles. The molecule has 0 saturated heterocycles. The molecule has 1 aromatic rings. The molecule has 1 nitrogen and oxygen atoms in total. The Kier molecular flexibility index (Phi) is 5.45. The third-order valence-corrected chi connectivity index (χ3v) is 4.63. The monoisotopic (exact) mass is 259 g/mol. The SMILES string of the molecule is CC(C)c1ccc(CN[C@@H](C)C2CCCCC2)cc1. The first-order valence-corrected chi connectivity index (χ1v) is 7.99. The minimum Gasteiger partial charge on any atom is -0.310 e. The Balaban J connectivity index is 1.80. The summed E-state index contributed by atoms with van der Waals surface area (Å²) in [7, 11) is 0. The summed E-state index contributed by atoms with van der Waals surface area (Å²) in [5, 5.41) is 3.72. The van der Waals surface area contributed by atoms with E-state index in [1.165, 1.54) is 43.2 Å². The van der Waals surface area contributed by atoms with E-state index in [9.17, 15) is 0 Å². The maximum Gasteiger partial charge on any atom is 0.0208 e. The van der Waals surface area contributed by atoms with Gasteiger partial charge in [0, 0.05) is 12.6 Å². The minimum absolute atomic E-state index is 0.628. The average Bonchev–Trinajstić information content (AvgIpc) is 2.46. The molecule has 0 spiro atoms. The summed E-state index contributed by atoms with van der Waals surface area (Å²) in [6, 6.07) is 9.75. The van der Waals surface area contributed by atoms with E-state index in [1.807, 2.05) is 0 Å². The van der Waals surface area contributed by atoms with Gasteiger partial charge in [0.25, 0.3) is 0 Å². The lowest BCUT2D eigenvalue weighted by atomic mass is 9.84. The molecule has 0 bridgehead atoms. The zero-order valence-electron chi connectivity index (χ0n) is 12.8. The number of hydrogen-bond acceptors (Lipinski definition) is 1. The van der Waals surface area contributed by atoms with Crippen LogP contribution in [0.3, 0.4) is 0 Å². The van der Waals surface area contributed by atoms with E-state index >= 15 is 0 Å². The van der Waals surface area contributed by atoms with Crippen molar-refractivity contribution in [2.75, 3.05) is 0 Å². The molecule has 0 aromatic heterocycles. The van der Waals surface area contributed by atoms with Crippen LogP contribution in [0.4, 0.5) is 0 Å². The van der Waals surface area contributed by atoms with Crippen molar-refractivity contribution in [3.63, 3.8) is 0 Å². The quantitative estimate of drug-likeness (QED) is 0.795. The van der Waals surface area contributed by atoms with Crippen LogP contribution in [-0.4, -0.2) is 6.04 Å². The molecule has 1 atom stereocenters. The molecule has 0 heterocycles. The van der Waals surface area contributed by atoms with Gasteiger partial charge in [-0.15, -0.1) is 0 Å². The lowest BCUT2D eigenvalue weighted by Gasteiger charge is -2.28. The first-order chi connectivity index (χ1) is 9.16. The van der Waals surface area contributed by atoms with Crippen LogP contribution in [0.5, 0.6) is 0 Å². The molecule has 19 heavy (non-hydrogen) atoms. The molecule has 1 aliphatic carbocycles. The topological polar surface area (TPSA) is 12.0 Å². The van der Waals surface area contributed by atoms with Gasteiger partial charge in [0.2, 0.25) is 0 Å². The van der Waals surface area contributed by atoms with Crippen molar-refractivity contribution in [1.82, 2.24) is 5.32 Å². The van der Waals surface area contributed by atoms with Crippen LogP contribution in [0.25, 0.3) is 0 Å². The third-order valence-electron chi connectivity index (χ3n) is 4.63. The van der Waals surface area contributed by atoms with Crippen molar-refractivity contribution in [1.29, 1.82) is 0 Å². The summed E-state index contributed by atoms with van der Waals surface area (Å²) in [6.45, 7) is 7.87. The number of hydrogen-bond donors (Lipinski definition) is 1. The summed E-state index contributed by atoms with van der Waals surface area (Å²) in [6.07, 6.45) is 7.14. The van der Waals surface area contributed by atoms with Crippen molar-refractivity contribution in [2.24, 2.45) is 5.92 Å². The highest BCUT2D eigenvalue weighted by molar-refractivity contribution is 5.24. The predicted octanol–water partition coefficient (Wildman–Crippen LogP) is 4.87. The van der Waals surface area contributed by atoms with E-state index in [0.717, 1.165) is 12.5 Å². The Morgan fingerprint density at radius 3 is 2.21 bits per heavy atom. The lowest BCUT2D eigenvalue weighted by Crippen LogP contribution is -2.34. The van der Waals surface area contributed by atoms with Crippen LogP contribution >= 0.6 is 0 Å². The van der Waals surface area contributed by atoms with Crippen molar-refractivity contribution in [2.45, 2.75) is 71.4 Å². The van der Waals surface area contributed by atoms with Gasteiger partial charge in [-0.3, -0.25) is 0 Å². The Morgan fingerprint density at radius 2 is 1.63 bits per heavy atom. The number of rotatable bonds is 5. The molecular weight excluding hydrogens is 230 g/mol. The highest BCUT2D eigenvalue weighted by Gasteiger charge is 2.19. The molecular formula is C18H29N. The van der Waals surface area contributed by atoms with Crippen molar-refractivity contribution in [3.05, 3.63) is 35.4 Å². The fourth-order valence-electron chi connectivity index (χ4n) is 3.10. The smallest absolute Gasteiger partial charge is 0.0208 e. The van der Waals surface area contributed by atoms with E-state index in [4.69, 9.17) is 0 Å². The molecule has 106 valence electrons. The normalized spacial score (nSPS) is 18.7. The second-order valence-electron chi connectivity index (χ2n) is 6.46. The van der Waals surface area contributed by atoms with Crippen molar-refractivity contribution < 1.29 is 0 Å². The minimum atomic E-state index is 0.628. The van der Waals surface area contributed by atoms with Crippen LogP contribution in [-0.2, 0) is 6.54 Å². The maximum atomic E-state index is 3.72. The summed E-state index contributed by atoms with van der Waals surface area (Å²) >= 11 is 0. The first-order valence-electron chi connectivity index (χ1n) is 7.99. The second-order valence-corrected chi connectivity index (χ2v) is 6.46. The molecule has 1 heteroatoms. The van der Waals surface area contributed by atoms with Gasteiger partial charge in [-0.05, 0) is 42.7 Å². The Labute approximate surface area is 118 Å². The van der Waals surface area contributed by atoms with Gasteiger partial charge < -0.3 is 5.32 Å². The summed E-state index contributed by atoms with van der Waals surface area (Å²) in [5.74, 6) is 1.52. The maximum absolute atomic E-state index is 3.72. The number of benzene rings is 1. The molecule has 0 unspecified atom stereocenters. The van der Waals surface area contributed by atoms with Crippen LogP contribution < -0.4 is 5.32 Å². The first kappa shape index (κ1) is 14.6. The van der Waals surface area contributed by atoms with Gasteiger partial charge in [-0.25, -0.2) is 0 Å². The largest absolute Gasteiger partial charge is 0.310 e. The lowest BCUT2D eigenvalue weighted by molar-refractivity contribution is 0.280. The van der Waals surface area contributed by atoms with Crippen molar-refractivity contribution >= 4 is 0 Å². The molecule has 1 saturated carbocycles. The second kappa shape index (κ2) is 7.09. The Morgan fingerprint density at radius 1 is 1.00 bits per heavy atom. The number of nitrogens with one attached hydrogen (secondary N) is 1. The summed E-state index contributed by atoms with van der Waals surface area (Å²) in [5.41, 5.74) is 2.84. The van der Waals surface area contributed by atoms with E-state index in [0.29, 0.717) is 12.0 Å². The predicted molar refractivity (Wildman–Crippen MR) is 83.4 cm³/mol. The zero-order chi connectivity index (χ0) is 13.7. The zero-order valence-corrected chi connectivity index (χ0v) is 12.8. The standard InChI is InChI=1S/C18H29N/c1-14(2)17-11-9-16(10-12-17)13-19-15(3)18-7-5-4-6-8-18/h9-12,14-15,18-19H,4-8,13H2,1-3H3/t15-/m0/s1. The van der Waals surface area contributed by atoms with E-state index < -0.39 is 0 Å². The van der Waals surface area contributed by atoms with E-state index in [1.54, 1.807) is 0 Å². The highest BCUT2D eigenvalue weighted by atomic mass is 14.9. The van der Waals surface area contributed by atoms with Gasteiger partial charge in [0.15, 0.2) is 0 Å². The van der Waals surface area contributed by atoms with Gasteiger partial charge in [-0.2, -0.15) is 0 Å². The molecule has 1 N–H and O–H groups in total. The Hall–Kier alpha value is -0.820. The third kappa shape index (κ3) is 4.35. The molecule has 2 rings (SSSR count). The van der Waals surface area contributed by atoms with Crippen molar-refractivity contribution in [3.8, 4) is 0 Å².